The topological polar surface area (TPSA) is 57.7 Å². The van der Waals surface area contributed by atoms with Crippen LogP contribution in [0.2, 0.25) is 0 Å². The smallest absolute Gasteiger partial charge is 0.242 e. The summed E-state index contributed by atoms with van der Waals surface area (Å²) in [6.07, 6.45) is 5.27. The van der Waals surface area contributed by atoms with E-state index in [1.807, 2.05) is 0 Å². The fraction of sp³-hybridized carbons (Fsp3) is 0.800. The lowest BCUT2D eigenvalue weighted by Crippen LogP contribution is -2.42. The molecule has 2 aliphatic carbocycles. The number of carbonyl (C=O) groups excluding carboxylic acids is 3. The van der Waals surface area contributed by atoms with E-state index in [1.165, 1.54) is 4.90 Å². The zero-order valence-electron chi connectivity index (χ0n) is 11.6. The van der Waals surface area contributed by atoms with Gasteiger partial charge in [-0.15, -0.1) is 0 Å². The van der Waals surface area contributed by atoms with E-state index in [-0.39, 0.29) is 36.1 Å². The lowest BCUT2D eigenvalue weighted by atomic mass is 9.81. The number of likely N-dealkylation sites (tertiary alicyclic amines) is 2. The van der Waals surface area contributed by atoms with Crippen LogP contribution in [0.4, 0.5) is 0 Å². The van der Waals surface area contributed by atoms with Crippen molar-refractivity contribution >= 4 is 17.7 Å². The third kappa shape index (κ3) is 1.58. The molecule has 2 heterocycles. The van der Waals surface area contributed by atoms with E-state index in [9.17, 15) is 14.4 Å². The maximum Gasteiger partial charge on any atom is 0.242 e. The first kappa shape index (κ1) is 12.4. The zero-order chi connectivity index (χ0) is 13.9. The minimum absolute atomic E-state index is 0.0237. The fourth-order valence-corrected chi connectivity index (χ4v) is 4.83. The van der Waals surface area contributed by atoms with Gasteiger partial charge in [0.25, 0.3) is 0 Å². The largest absolute Gasteiger partial charge is 0.341 e. The molecule has 0 spiro atoms. The van der Waals surface area contributed by atoms with Gasteiger partial charge in [0.1, 0.15) is 6.54 Å². The van der Waals surface area contributed by atoms with Crippen molar-refractivity contribution in [3.8, 4) is 0 Å². The average Bonchev–Trinajstić information content (AvgIpc) is 3.18. The SMILES string of the molecule is O=C(CN1C(=O)[C@@H]2[C@H]3CC[C@H](C3)[C@@H]2C1=O)N1CCCC1. The Balaban J connectivity index is 1.50. The second-order valence-electron chi connectivity index (χ2n) is 6.74. The average molecular weight is 276 g/mol. The molecule has 0 aromatic rings. The van der Waals surface area contributed by atoms with E-state index >= 15 is 0 Å². The van der Waals surface area contributed by atoms with Crippen molar-refractivity contribution in [2.45, 2.75) is 32.1 Å². The highest BCUT2D eigenvalue weighted by Crippen LogP contribution is 2.56. The lowest BCUT2D eigenvalue weighted by Gasteiger charge is -2.21. The minimum Gasteiger partial charge on any atom is -0.341 e. The van der Waals surface area contributed by atoms with Gasteiger partial charge in [0.05, 0.1) is 11.8 Å². The van der Waals surface area contributed by atoms with Gasteiger partial charge in [-0.1, -0.05) is 0 Å². The molecule has 2 aliphatic heterocycles. The quantitative estimate of drug-likeness (QED) is 0.695. The van der Waals surface area contributed by atoms with Crippen molar-refractivity contribution in [3.05, 3.63) is 0 Å². The summed E-state index contributed by atoms with van der Waals surface area (Å²) in [4.78, 5) is 40.2. The predicted molar refractivity (Wildman–Crippen MR) is 70.3 cm³/mol. The van der Waals surface area contributed by atoms with Crippen molar-refractivity contribution < 1.29 is 14.4 Å². The molecule has 0 radical (unpaired) electrons. The number of fused-ring (bicyclic) bond motifs is 5. The Kier molecular flexibility index (Phi) is 2.66. The maximum atomic E-state index is 12.5. The monoisotopic (exact) mass is 276 g/mol. The number of nitrogens with zero attached hydrogens (tertiary/aromatic N) is 2. The van der Waals surface area contributed by atoms with Crippen LogP contribution in [-0.4, -0.2) is 47.2 Å². The number of hydrogen-bond acceptors (Lipinski definition) is 3. The van der Waals surface area contributed by atoms with Crippen molar-refractivity contribution in [1.82, 2.24) is 9.80 Å². The van der Waals surface area contributed by atoms with Crippen LogP contribution >= 0.6 is 0 Å². The van der Waals surface area contributed by atoms with Gasteiger partial charge >= 0.3 is 0 Å². The Morgan fingerprint density at radius 1 is 1.00 bits per heavy atom. The van der Waals surface area contributed by atoms with E-state index in [0.29, 0.717) is 11.8 Å². The van der Waals surface area contributed by atoms with E-state index in [0.717, 1.165) is 45.2 Å². The summed E-state index contributed by atoms with van der Waals surface area (Å²) in [6, 6.07) is 0. The van der Waals surface area contributed by atoms with Crippen molar-refractivity contribution in [2.75, 3.05) is 19.6 Å². The predicted octanol–water partition coefficient (Wildman–Crippen LogP) is 0.640. The van der Waals surface area contributed by atoms with E-state index in [2.05, 4.69) is 0 Å². The summed E-state index contributed by atoms with van der Waals surface area (Å²) in [7, 11) is 0. The van der Waals surface area contributed by atoms with Gasteiger partial charge in [0.15, 0.2) is 0 Å². The molecule has 4 aliphatic rings. The third-order valence-corrected chi connectivity index (χ3v) is 5.77. The lowest BCUT2D eigenvalue weighted by molar-refractivity contribution is -0.146. The van der Waals surface area contributed by atoms with Crippen LogP contribution in [0, 0.1) is 23.7 Å². The first-order valence-corrected chi connectivity index (χ1v) is 7.80. The Bertz CT molecular complexity index is 456. The zero-order valence-corrected chi connectivity index (χ0v) is 11.6. The van der Waals surface area contributed by atoms with Gasteiger partial charge in [-0.3, -0.25) is 19.3 Å². The van der Waals surface area contributed by atoms with Crippen LogP contribution in [0.25, 0.3) is 0 Å². The van der Waals surface area contributed by atoms with Gasteiger partial charge in [-0.05, 0) is 43.9 Å². The summed E-state index contributed by atoms with van der Waals surface area (Å²) < 4.78 is 0. The van der Waals surface area contributed by atoms with Crippen LogP contribution in [-0.2, 0) is 14.4 Å². The van der Waals surface area contributed by atoms with Crippen LogP contribution in [0.15, 0.2) is 0 Å². The summed E-state index contributed by atoms with van der Waals surface area (Å²) in [5.41, 5.74) is 0. The molecule has 0 N–H and O–H groups in total. The minimum atomic E-state index is -0.104. The van der Waals surface area contributed by atoms with E-state index in [4.69, 9.17) is 0 Å². The number of imide groups is 1. The Labute approximate surface area is 118 Å². The van der Waals surface area contributed by atoms with E-state index < -0.39 is 0 Å². The Morgan fingerprint density at radius 2 is 1.55 bits per heavy atom. The molecule has 2 saturated carbocycles. The van der Waals surface area contributed by atoms with Crippen LogP contribution < -0.4 is 0 Å². The second-order valence-corrected chi connectivity index (χ2v) is 6.74. The molecule has 5 heteroatoms. The van der Waals surface area contributed by atoms with Gasteiger partial charge < -0.3 is 4.90 Å². The number of rotatable bonds is 2. The van der Waals surface area contributed by atoms with Crippen molar-refractivity contribution in [3.63, 3.8) is 0 Å². The van der Waals surface area contributed by atoms with Crippen molar-refractivity contribution in [1.29, 1.82) is 0 Å². The van der Waals surface area contributed by atoms with Crippen LogP contribution in [0.1, 0.15) is 32.1 Å². The molecule has 4 fully saturated rings. The fourth-order valence-electron chi connectivity index (χ4n) is 4.83. The van der Waals surface area contributed by atoms with Crippen LogP contribution in [0.5, 0.6) is 0 Å². The molecule has 20 heavy (non-hydrogen) atoms. The molecule has 0 aromatic carbocycles. The molecule has 2 bridgehead atoms. The summed E-state index contributed by atoms with van der Waals surface area (Å²) in [6.45, 7) is 1.52. The second kappa shape index (κ2) is 4.30. The third-order valence-electron chi connectivity index (χ3n) is 5.77. The molecule has 5 nitrogen and oxygen atoms in total. The van der Waals surface area contributed by atoms with Gasteiger partial charge in [0.2, 0.25) is 17.7 Å². The summed E-state index contributed by atoms with van der Waals surface area (Å²) in [5, 5.41) is 0. The molecule has 4 atom stereocenters. The standard InChI is InChI=1S/C15H20N2O3/c18-11(16-5-1-2-6-16)8-17-14(19)12-9-3-4-10(7-9)13(12)15(17)20/h9-10,12-13H,1-8H2/t9-,10+,12+,13-. The normalized spacial score (nSPS) is 39.0. The molecule has 108 valence electrons. The van der Waals surface area contributed by atoms with Gasteiger partial charge in [-0.2, -0.15) is 0 Å². The summed E-state index contributed by atoms with van der Waals surface area (Å²) >= 11 is 0. The number of carbonyl (C=O) groups is 3. The van der Waals surface area contributed by atoms with Gasteiger partial charge in [-0.25, -0.2) is 0 Å². The maximum absolute atomic E-state index is 12.5. The highest BCUT2D eigenvalue weighted by atomic mass is 16.2. The van der Waals surface area contributed by atoms with Gasteiger partial charge in [0, 0.05) is 13.1 Å². The molecule has 3 amide bonds. The Morgan fingerprint density at radius 3 is 2.10 bits per heavy atom. The number of amides is 3. The van der Waals surface area contributed by atoms with E-state index in [1.54, 1.807) is 4.90 Å². The molecule has 0 aromatic heterocycles. The summed E-state index contributed by atoms with van der Waals surface area (Å²) in [5.74, 6) is 0.387. The molecule has 2 saturated heterocycles. The van der Waals surface area contributed by atoms with Crippen molar-refractivity contribution in [2.24, 2.45) is 23.7 Å². The molecule has 4 rings (SSSR count). The molecular weight excluding hydrogens is 256 g/mol. The number of hydrogen-bond donors (Lipinski definition) is 0. The Hall–Kier alpha value is -1.39. The highest BCUT2D eigenvalue weighted by Gasteiger charge is 2.61. The molecule has 0 unspecified atom stereocenters. The highest BCUT2D eigenvalue weighted by molar-refractivity contribution is 6.08. The van der Waals surface area contributed by atoms with Crippen LogP contribution in [0.3, 0.4) is 0 Å². The first-order valence-electron chi connectivity index (χ1n) is 7.80. The first-order chi connectivity index (χ1) is 9.66. The molecular formula is C15H20N2O3.